The number of benzene rings is 2. The van der Waals surface area contributed by atoms with E-state index in [0.29, 0.717) is 22.6 Å². The van der Waals surface area contributed by atoms with E-state index in [-0.39, 0.29) is 24.3 Å². The number of esters is 1. The SMILES string of the molecule is CC(=O)Oc1ccc(CC(NC(=O)c2ccc3c(c2)CC(=O)N3)C(=O)O)cc1. The maximum atomic E-state index is 12.5. The Morgan fingerprint density at radius 1 is 1.18 bits per heavy atom. The molecule has 8 nitrogen and oxygen atoms in total. The highest BCUT2D eigenvalue weighted by Gasteiger charge is 2.23. The highest BCUT2D eigenvalue weighted by molar-refractivity contribution is 6.02. The van der Waals surface area contributed by atoms with Crippen LogP contribution in [0.3, 0.4) is 0 Å². The first kappa shape index (κ1) is 19.1. The normalized spacial score (nSPS) is 13.2. The number of nitrogens with one attached hydrogen (secondary N) is 2. The fourth-order valence-electron chi connectivity index (χ4n) is 2.91. The Morgan fingerprint density at radius 3 is 2.54 bits per heavy atom. The number of fused-ring (bicyclic) bond motifs is 1. The number of anilines is 1. The molecule has 0 fully saturated rings. The van der Waals surface area contributed by atoms with Gasteiger partial charge < -0.3 is 20.5 Å². The zero-order valence-corrected chi connectivity index (χ0v) is 15.0. The number of aliphatic carboxylic acids is 1. The van der Waals surface area contributed by atoms with Crippen molar-refractivity contribution in [1.29, 1.82) is 0 Å². The van der Waals surface area contributed by atoms with Crippen LogP contribution in [0, 0.1) is 0 Å². The minimum Gasteiger partial charge on any atom is -0.480 e. The third-order valence-electron chi connectivity index (χ3n) is 4.22. The molecule has 1 atom stereocenters. The highest BCUT2D eigenvalue weighted by atomic mass is 16.5. The summed E-state index contributed by atoms with van der Waals surface area (Å²) < 4.78 is 4.93. The predicted molar refractivity (Wildman–Crippen MR) is 99.1 cm³/mol. The average molecular weight is 382 g/mol. The molecule has 2 aromatic carbocycles. The minimum absolute atomic E-state index is 0.0619. The lowest BCUT2D eigenvalue weighted by Crippen LogP contribution is -2.42. The highest BCUT2D eigenvalue weighted by Crippen LogP contribution is 2.24. The Labute approximate surface area is 160 Å². The Kier molecular flexibility index (Phi) is 5.39. The van der Waals surface area contributed by atoms with E-state index in [2.05, 4.69) is 10.6 Å². The molecule has 0 aliphatic carbocycles. The Hall–Kier alpha value is -3.68. The maximum absolute atomic E-state index is 12.5. The number of rotatable bonds is 6. The quantitative estimate of drug-likeness (QED) is 0.515. The van der Waals surface area contributed by atoms with Crippen LogP contribution >= 0.6 is 0 Å². The van der Waals surface area contributed by atoms with Gasteiger partial charge in [-0.25, -0.2) is 4.79 Å². The van der Waals surface area contributed by atoms with E-state index in [0.717, 1.165) is 0 Å². The van der Waals surface area contributed by atoms with Gasteiger partial charge in [-0.15, -0.1) is 0 Å². The lowest BCUT2D eigenvalue weighted by Gasteiger charge is -2.15. The second kappa shape index (κ2) is 7.91. The molecule has 1 aliphatic heterocycles. The second-order valence-electron chi connectivity index (χ2n) is 6.40. The molecule has 0 saturated carbocycles. The van der Waals surface area contributed by atoms with E-state index < -0.39 is 23.9 Å². The lowest BCUT2D eigenvalue weighted by atomic mass is 10.0. The largest absolute Gasteiger partial charge is 0.480 e. The van der Waals surface area contributed by atoms with Crippen LogP contribution in [0.4, 0.5) is 5.69 Å². The van der Waals surface area contributed by atoms with Crippen molar-refractivity contribution in [2.24, 2.45) is 0 Å². The van der Waals surface area contributed by atoms with Crippen molar-refractivity contribution in [3.63, 3.8) is 0 Å². The molecule has 8 heteroatoms. The molecule has 3 rings (SSSR count). The van der Waals surface area contributed by atoms with Gasteiger partial charge in [0.1, 0.15) is 11.8 Å². The molecule has 0 bridgehead atoms. The molecule has 1 heterocycles. The van der Waals surface area contributed by atoms with Gasteiger partial charge in [0, 0.05) is 24.6 Å². The maximum Gasteiger partial charge on any atom is 0.326 e. The van der Waals surface area contributed by atoms with Crippen molar-refractivity contribution in [2.45, 2.75) is 25.8 Å². The third kappa shape index (κ3) is 4.53. The van der Waals surface area contributed by atoms with Crippen LogP contribution in [0.25, 0.3) is 0 Å². The summed E-state index contributed by atoms with van der Waals surface area (Å²) in [4.78, 5) is 46.4. The van der Waals surface area contributed by atoms with Crippen LogP contribution in [0.15, 0.2) is 42.5 Å². The molecule has 2 amide bonds. The van der Waals surface area contributed by atoms with Gasteiger partial charge >= 0.3 is 11.9 Å². The van der Waals surface area contributed by atoms with E-state index in [1.807, 2.05) is 0 Å². The van der Waals surface area contributed by atoms with Gasteiger partial charge in [0.05, 0.1) is 6.42 Å². The van der Waals surface area contributed by atoms with Crippen molar-refractivity contribution in [2.75, 3.05) is 5.32 Å². The summed E-state index contributed by atoms with van der Waals surface area (Å²) in [5.41, 5.74) is 2.30. The van der Waals surface area contributed by atoms with Crippen molar-refractivity contribution in [3.8, 4) is 5.75 Å². The molecule has 1 unspecified atom stereocenters. The number of hydrogen-bond donors (Lipinski definition) is 3. The van der Waals surface area contributed by atoms with E-state index in [9.17, 15) is 24.3 Å². The van der Waals surface area contributed by atoms with Gasteiger partial charge in [-0.05, 0) is 41.5 Å². The second-order valence-corrected chi connectivity index (χ2v) is 6.40. The molecule has 144 valence electrons. The van der Waals surface area contributed by atoms with Crippen LogP contribution < -0.4 is 15.4 Å². The molecule has 0 saturated heterocycles. The van der Waals surface area contributed by atoms with E-state index in [1.165, 1.54) is 13.0 Å². The van der Waals surface area contributed by atoms with Crippen molar-refractivity contribution < 1.29 is 29.0 Å². The van der Waals surface area contributed by atoms with Gasteiger partial charge in [-0.2, -0.15) is 0 Å². The van der Waals surface area contributed by atoms with Crippen LogP contribution in [0.2, 0.25) is 0 Å². The molecule has 0 radical (unpaired) electrons. The fraction of sp³-hybridized carbons (Fsp3) is 0.200. The summed E-state index contributed by atoms with van der Waals surface area (Å²) in [6, 6.07) is 9.98. The number of hydrogen-bond acceptors (Lipinski definition) is 5. The Morgan fingerprint density at radius 2 is 1.89 bits per heavy atom. The summed E-state index contributed by atoms with van der Waals surface area (Å²) in [6.07, 6.45) is 0.250. The summed E-state index contributed by atoms with van der Waals surface area (Å²) in [5, 5.41) is 14.6. The summed E-state index contributed by atoms with van der Waals surface area (Å²) in [7, 11) is 0. The third-order valence-corrected chi connectivity index (χ3v) is 4.22. The van der Waals surface area contributed by atoms with Crippen LogP contribution in [-0.4, -0.2) is 34.9 Å². The summed E-state index contributed by atoms with van der Waals surface area (Å²) >= 11 is 0. The first-order valence-electron chi connectivity index (χ1n) is 8.55. The molecule has 2 aromatic rings. The van der Waals surface area contributed by atoms with E-state index in [1.54, 1.807) is 36.4 Å². The van der Waals surface area contributed by atoms with Crippen molar-refractivity contribution in [1.82, 2.24) is 5.32 Å². The topological polar surface area (TPSA) is 122 Å². The van der Waals surface area contributed by atoms with Gasteiger partial charge in [0.2, 0.25) is 5.91 Å². The van der Waals surface area contributed by atoms with E-state index >= 15 is 0 Å². The van der Waals surface area contributed by atoms with E-state index in [4.69, 9.17) is 4.74 Å². The summed E-state index contributed by atoms with van der Waals surface area (Å²) in [6.45, 7) is 1.29. The minimum atomic E-state index is -1.17. The fourth-order valence-corrected chi connectivity index (χ4v) is 2.91. The number of carbonyl (C=O) groups is 4. The molecular weight excluding hydrogens is 364 g/mol. The van der Waals surface area contributed by atoms with Crippen LogP contribution in [0.5, 0.6) is 5.75 Å². The average Bonchev–Trinajstić information content (AvgIpc) is 3.01. The Bertz CT molecular complexity index is 952. The molecule has 1 aliphatic rings. The molecule has 0 aromatic heterocycles. The lowest BCUT2D eigenvalue weighted by molar-refractivity contribution is -0.139. The van der Waals surface area contributed by atoms with Crippen LogP contribution in [-0.2, 0) is 27.2 Å². The Balaban J connectivity index is 1.68. The molecule has 0 spiro atoms. The molecule has 3 N–H and O–H groups in total. The van der Waals surface area contributed by atoms with Gasteiger partial charge in [0.25, 0.3) is 5.91 Å². The summed E-state index contributed by atoms with van der Waals surface area (Å²) in [5.74, 6) is -1.95. The zero-order chi connectivity index (χ0) is 20.3. The zero-order valence-electron chi connectivity index (χ0n) is 15.0. The van der Waals surface area contributed by atoms with Crippen molar-refractivity contribution >= 4 is 29.4 Å². The predicted octanol–water partition coefficient (Wildman–Crippen LogP) is 1.53. The number of carbonyl (C=O) groups excluding carboxylic acids is 3. The molecule has 28 heavy (non-hydrogen) atoms. The van der Waals surface area contributed by atoms with Crippen molar-refractivity contribution in [3.05, 3.63) is 59.2 Å². The number of amides is 2. The first-order chi connectivity index (χ1) is 13.3. The number of ether oxygens (including phenoxy) is 1. The number of carboxylic acid groups (broad SMARTS) is 1. The standard InChI is InChI=1S/C20H18N2O6/c1-11(23)28-15-5-2-12(3-6-15)8-17(20(26)27)22-19(25)13-4-7-16-14(9-13)10-18(24)21-16/h2-7,9,17H,8,10H2,1H3,(H,21,24)(H,22,25)(H,26,27). The first-order valence-corrected chi connectivity index (χ1v) is 8.55. The van der Waals surface area contributed by atoms with Crippen LogP contribution in [0.1, 0.15) is 28.4 Å². The van der Waals surface area contributed by atoms with Gasteiger partial charge in [-0.3, -0.25) is 14.4 Å². The monoisotopic (exact) mass is 382 g/mol. The van der Waals surface area contributed by atoms with Gasteiger partial charge in [-0.1, -0.05) is 12.1 Å². The number of carboxylic acids is 1. The smallest absolute Gasteiger partial charge is 0.326 e. The van der Waals surface area contributed by atoms with Gasteiger partial charge in [0.15, 0.2) is 0 Å². The molecular formula is C20H18N2O6.